The highest BCUT2D eigenvalue weighted by molar-refractivity contribution is 5.81. The number of fused-ring (bicyclic) bond motifs is 1. The van der Waals surface area contributed by atoms with E-state index < -0.39 is 0 Å². The van der Waals surface area contributed by atoms with Crippen LogP contribution in [0.15, 0.2) is 57.7 Å². The fraction of sp³-hybridized carbons (Fsp3) is 0.286. The van der Waals surface area contributed by atoms with E-state index in [1.165, 1.54) is 16.7 Å². The highest BCUT2D eigenvalue weighted by atomic mass is 16.5. The van der Waals surface area contributed by atoms with E-state index in [9.17, 15) is 9.90 Å². The minimum absolute atomic E-state index is 0.100. The van der Waals surface area contributed by atoms with Crippen molar-refractivity contribution in [3.05, 3.63) is 64.5 Å². The van der Waals surface area contributed by atoms with Crippen molar-refractivity contribution < 1.29 is 19.2 Å². The van der Waals surface area contributed by atoms with E-state index in [1.54, 1.807) is 19.2 Å². The van der Waals surface area contributed by atoms with Crippen LogP contribution in [0.4, 0.5) is 5.69 Å². The molecule has 0 unspecified atom stereocenters. The van der Waals surface area contributed by atoms with Gasteiger partial charge >= 0.3 is 5.63 Å². The van der Waals surface area contributed by atoms with Gasteiger partial charge in [-0.3, -0.25) is 0 Å². The molecule has 0 saturated carbocycles. The van der Waals surface area contributed by atoms with Crippen LogP contribution in [0.1, 0.15) is 5.56 Å². The molecule has 6 heteroatoms. The Balaban J connectivity index is 1.46. The molecule has 2 heterocycles. The zero-order valence-corrected chi connectivity index (χ0v) is 15.3. The second-order valence-electron chi connectivity index (χ2n) is 6.88. The van der Waals surface area contributed by atoms with Crippen LogP contribution in [-0.4, -0.2) is 38.4 Å². The lowest BCUT2D eigenvalue weighted by Gasteiger charge is -2.33. The Morgan fingerprint density at radius 3 is 2.56 bits per heavy atom. The number of quaternary nitrogens is 1. The van der Waals surface area contributed by atoms with E-state index in [1.807, 2.05) is 18.2 Å². The maximum absolute atomic E-state index is 11.9. The van der Waals surface area contributed by atoms with Gasteiger partial charge in [0.25, 0.3) is 0 Å². The highest BCUT2D eigenvalue weighted by Gasteiger charge is 2.21. The van der Waals surface area contributed by atoms with Crippen LogP contribution in [0, 0.1) is 0 Å². The van der Waals surface area contributed by atoms with Crippen LogP contribution in [0.25, 0.3) is 11.0 Å². The molecule has 140 valence electrons. The second kappa shape index (κ2) is 7.32. The van der Waals surface area contributed by atoms with Gasteiger partial charge in [0, 0.05) is 28.8 Å². The number of aromatic hydroxyl groups is 1. The largest absolute Gasteiger partial charge is 0.508 e. The lowest BCUT2D eigenvalue weighted by molar-refractivity contribution is -0.914. The van der Waals surface area contributed by atoms with E-state index in [0.29, 0.717) is 5.58 Å². The minimum Gasteiger partial charge on any atom is -0.508 e. The standard InChI is InChI=1S/C21H22N2O4/c1-26-18-5-2-16(3-6-18)23-10-8-22(9-11-23)14-15-12-21(25)27-20-13-17(24)4-7-19(15)20/h2-7,12-13,24H,8-11,14H2,1H3/p+1. The molecule has 0 atom stereocenters. The Kier molecular flexibility index (Phi) is 4.73. The quantitative estimate of drug-likeness (QED) is 0.683. The monoisotopic (exact) mass is 367 g/mol. The number of hydrogen-bond acceptors (Lipinski definition) is 5. The van der Waals surface area contributed by atoms with Gasteiger partial charge in [-0.15, -0.1) is 0 Å². The maximum Gasteiger partial charge on any atom is 0.336 e. The fourth-order valence-electron chi connectivity index (χ4n) is 3.69. The Bertz CT molecular complexity index is 989. The van der Waals surface area contributed by atoms with E-state index >= 15 is 0 Å². The number of benzene rings is 2. The first-order valence-electron chi connectivity index (χ1n) is 9.11. The van der Waals surface area contributed by atoms with Crippen LogP contribution in [0.2, 0.25) is 0 Å². The summed E-state index contributed by atoms with van der Waals surface area (Å²) >= 11 is 0. The number of ether oxygens (including phenoxy) is 1. The molecule has 1 aliphatic rings. The van der Waals surface area contributed by atoms with E-state index in [0.717, 1.165) is 49.4 Å². The predicted molar refractivity (Wildman–Crippen MR) is 104 cm³/mol. The van der Waals surface area contributed by atoms with Gasteiger partial charge in [-0.1, -0.05) is 0 Å². The van der Waals surface area contributed by atoms with E-state index in [4.69, 9.17) is 9.15 Å². The molecule has 0 bridgehead atoms. The number of hydrogen-bond donors (Lipinski definition) is 2. The zero-order chi connectivity index (χ0) is 18.8. The molecule has 2 aromatic carbocycles. The van der Waals surface area contributed by atoms with Crippen molar-refractivity contribution in [2.24, 2.45) is 0 Å². The van der Waals surface area contributed by atoms with Crippen molar-refractivity contribution in [1.29, 1.82) is 0 Å². The average molecular weight is 367 g/mol. The van der Waals surface area contributed by atoms with Gasteiger partial charge in [-0.05, 0) is 36.4 Å². The number of piperazine rings is 1. The maximum atomic E-state index is 11.9. The number of nitrogens with one attached hydrogen (secondary N) is 1. The Hall–Kier alpha value is -2.99. The van der Waals surface area contributed by atoms with Crippen LogP contribution in [0.5, 0.6) is 11.5 Å². The molecule has 6 nitrogen and oxygen atoms in total. The molecule has 0 aliphatic carbocycles. The third kappa shape index (κ3) is 3.75. The van der Waals surface area contributed by atoms with Crippen molar-refractivity contribution in [2.45, 2.75) is 6.54 Å². The third-order valence-electron chi connectivity index (χ3n) is 5.16. The first-order chi connectivity index (χ1) is 13.1. The number of phenolic OH excluding ortho intramolecular Hbond substituents is 1. The SMILES string of the molecule is COc1ccc(N2CC[NH+](Cc3cc(=O)oc4cc(O)ccc34)CC2)cc1. The molecule has 27 heavy (non-hydrogen) atoms. The summed E-state index contributed by atoms with van der Waals surface area (Å²) in [6, 6.07) is 14.7. The van der Waals surface area contributed by atoms with Gasteiger partial charge in [0.2, 0.25) is 0 Å². The average Bonchev–Trinajstić information content (AvgIpc) is 2.68. The molecule has 2 N–H and O–H groups in total. The van der Waals surface area contributed by atoms with Gasteiger partial charge in [-0.25, -0.2) is 4.79 Å². The summed E-state index contributed by atoms with van der Waals surface area (Å²) in [5, 5.41) is 10.5. The summed E-state index contributed by atoms with van der Waals surface area (Å²) in [6.07, 6.45) is 0. The molecule has 1 aromatic heterocycles. The molecule has 3 aromatic rings. The van der Waals surface area contributed by atoms with Crippen LogP contribution < -0.4 is 20.2 Å². The molecule has 0 amide bonds. The molecular weight excluding hydrogens is 344 g/mol. The Morgan fingerprint density at radius 2 is 1.85 bits per heavy atom. The lowest BCUT2D eigenvalue weighted by Crippen LogP contribution is -3.13. The van der Waals surface area contributed by atoms with Crippen molar-refractivity contribution >= 4 is 16.7 Å². The molecule has 4 rings (SSSR count). The van der Waals surface area contributed by atoms with Gasteiger partial charge in [-0.2, -0.15) is 0 Å². The molecule has 1 fully saturated rings. The number of nitrogens with zero attached hydrogens (tertiary/aromatic N) is 1. The van der Waals surface area contributed by atoms with Crippen molar-refractivity contribution in [3.8, 4) is 11.5 Å². The minimum atomic E-state index is -0.376. The molecule has 1 aliphatic heterocycles. The second-order valence-corrected chi connectivity index (χ2v) is 6.88. The predicted octanol–water partition coefficient (Wildman–Crippen LogP) is 1.41. The van der Waals surface area contributed by atoms with E-state index in [-0.39, 0.29) is 11.4 Å². The number of rotatable bonds is 4. The van der Waals surface area contributed by atoms with Crippen LogP contribution in [0.3, 0.4) is 0 Å². The smallest absolute Gasteiger partial charge is 0.336 e. The third-order valence-corrected chi connectivity index (χ3v) is 5.16. The van der Waals surface area contributed by atoms with Gasteiger partial charge in [0.05, 0.1) is 33.3 Å². The lowest BCUT2D eigenvalue weighted by atomic mass is 10.1. The highest BCUT2D eigenvalue weighted by Crippen LogP contribution is 2.22. The van der Waals surface area contributed by atoms with Crippen molar-refractivity contribution in [2.75, 3.05) is 38.2 Å². The Morgan fingerprint density at radius 1 is 1.11 bits per heavy atom. The van der Waals surface area contributed by atoms with Crippen LogP contribution in [-0.2, 0) is 6.54 Å². The number of phenols is 1. The summed E-state index contributed by atoms with van der Waals surface area (Å²) in [6.45, 7) is 4.67. The van der Waals surface area contributed by atoms with Crippen molar-refractivity contribution in [3.63, 3.8) is 0 Å². The van der Waals surface area contributed by atoms with E-state index in [2.05, 4.69) is 17.0 Å². The summed E-state index contributed by atoms with van der Waals surface area (Å²) in [4.78, 5) is 15.7. The molecule has 1 saturated heterocycles. The molecule has 0 radical (unpaired) electrons. The summed E-state index contributed by atoms with van der Waals surface area (Å²) in [5.74, 6) is 0.965. The van der Waals surface area contributed by atoms with Gasteiger partial charge in [0.1, 0.15) is 23.6 Å². The Labute approximate surface area is 157 Å². The first-order valence-corrected chi connectivity index (χ1v) is 9.11. The molecular formula is C21H23N2O4+. The topological polar surface area (TPSA) is 67.4 Å². The fourth-order valence-corrected chi connectivity index (χ4v) is 3.69. The number of anilines is 1. The summed E-state index contributed by atoms with van der Waals surface area (Å²) in [7, 11) is 1.67. The zero-order valence-electron chi connectivity index (χ0n) is 15.3. The summed E-state index contributed by atoms with van der Waals surface area (Å²) in [5.41, 5.74) is 2.23. The number of methoxy groups -OCH3 is 1. The molecule has 0 spiro atoms. The van der Waals surface area contributed by atoms with Gasteiger partial charge < -0.3 is 24.1 Å². The normalized spacial score (nSPS) is 15.2. The van der Waals surface area contributed by atoms with Gasteiger partial charge in [0.15, 0.2) is 0 Å². The van der Waals surface area contributed by atoms with Crippen LogP contribution >= 0.6 is 0 Å². The van der Waals surface area contributed by atoms with Crippen molar-refractivity contribution in [1.82, 2.24) is 0 Å². The summed E-state index contributed by atoms with van der Waals surface area (Å²) < 4.78 is 10.4. The first kappa shape index (κ1) is 17.4.